The van der Waals surface area contributed by atoms with E-state index in [0.29, 0.717) is 6.04 Å². The first-order valence-electron chi connectivity index (χ1n) is 6.92. The summed E-state index contributed by atoms with van der Waals surface area (Å²) in [5, 5.41) is 3.22. The third-order valence-electron chi connectivity index (χ3n) is 3.83. The van der Waals surface area contributed by atoms with Crippen LogP contribution in [0.3, 0.4) is 0 Å². The van der Waals surface area contributed by atoms with Crippen LogP contribution < -0.4 is 5.32 Å². The molecule has 1 aliphatic carbocycles. The van der Waals surface area contributed by atoms with Gasteiger partial charge in [-0.3, -0.25) is 0 Å². The number of hydrogen-bond donors (Lipinski definition) is 1. The van der Waals surface area contributed by atoms with Crippen molar-refractivity contribution in [3.63, 3.8) is 0 Å². The molecule has 1 saturated heterocycles. The van der Waals surface area contributed by atoms with E-state index < -0.39 is 0 Å². The third-order valence-corrected chi connectivity index (χ3v) is 3.83. The van der Waals surface area contributed by atoms with Crippen LogP contribution in [0, 0.1) is 0 Å². The lowest BCUT2D eigenvalue weighted by Crippen LogP contribution is -2.46. The molecule has 0 atom stereocenters. The van der Waals surface area contributed by atoms with Crippen molar-refractivity contribution in [3.8, 4) is 0 Å². The van der Waals surface area contributed by atoms with Crippen molar-refractivity contribution >= 4 is 6.03 Å². The first-order valence-corrected chi connectivity index (χ1v) is 6.92. The Hall–Kier alpha value is -0.730. The van der Waals surface area contributed by atoms with E-state index in [0.717, 1.165) is 13.1 Å². The minimum Gasteiger partial charge on any atom is -0.335 e. The molecule has 92 valence electrons. The molecule has 3 nitrogen and oxygen atoms in total. The molecule has 2 amide bonds. The van der Waals surface area contributed by atoms with Gasteiger partial charge in [0.15, 0.2) is 0 Å². The van der Waals surface area contributed by atoms with Gasteiger partial charge in [0.1, 0.15) is 0 Å². The molecule has 2 aliphatic rings. The van der Waals surface area contributed by atoms with Crippen LogP contribution in [0.1, 0.15) is 57.8 Å². The van der Waals surface area contributed by atoms with Gasteiger partial charge in [-0.25, -0.2) is 4.79 Å². The summed E-state index contributed by atoms with van der Waals surface area (Å²) in [6, 6.07) is 0.628. The first kappa shape index (κ1) is 11.7. The molecule has 1 aliphatic heterocycles. The SMILES string of the molecule is O=C(NC1CCCCCC1)N1CCCCC1. The van der Waals surface area contributed by atoms with Gasteiger partial charge in [0.05, 0.1) is 0 Å². The molecule has 0 bridgehead atoms. The van der Waals surface area contributed by atoms with E-state index in [2.05, 4.69) is 5.32 Å². The summed E-state index contributed by atoms with van der Waals surface area (Å²) in [6.07, 6.45) is 11.3. The molecule has 0 radical (unpaired) electrons. The van der Waals surface area contributed by atoms with Crippen LogP contribution in [0.2, 0.25) is 0 Å². The lowest BCUT2D eigenvalue weighted by molar-refractivity contribution is 0.181. The highest BCUT2D eigenvalue weighted by Gasteiger charge is 2.20. The second-order valence-electron chi connectivity index (χ2n) is 5.19. The molecule has 3 heteroatoms. The Labute approximate surface area is 98.6 Å². The summed E-state index contributed by atoms with van der Waals surface area (Å²) in [4.78, 5) is 14.0. The van der Waals surface area contributed by atoms with Crippen molar-refractivity contribution in [1.82, 2.24) is 10.2 Å². The molecule has 0 aromatic carbocycles. The number of nitrogens with one attached hydrogen (secondary N) is 1. The number of hydrogen-bond acceptors (Lipinski definition) is 1. The maximum atomic E-state index is 12.0. The number of piperidine rings is 1. The Bertz CT molecular complexity index is 216. The van der Waals surface area contributed by atoms with Crippen molar-refractivity contribution in [2.75, 3.05) is 13.1 Å². The van der Waals surface area contributed by atoms with Gasteiger partial charge in [-0.15, -0.1) is 0 Å². The summed E-state index contributed by atoms with van der Waals surface area (Å²) in [7, 11) is 0. The fourth-order valence-electron chi connectivity index (χ4n) is 2.79. The number of likely N-dealkylation sites (tertiary alicyclic amines) is 1. The van der Waals surface area contributed by atoms with E-state index in [9.17, 15) is 4.79 Å². The topological polar surface area (TPSA) is 32.3 Å². The van der Waals surface area contributed by atoms with Gasteiger partial charge in [0.2, 0.25) is 0 Å². The summed E-state index contributed by atoms with van der Waals surface area (Å²) >= 11 is 0. The second-order valence-corrected chi connectivity index (χ2v) is 5.19. The summed E-state index contributed by atoms with van der Waals surface area (Å²) in [5.74, 6) is 0. The number of carbonyl (C=O) groups excluding carboxylic acids is 1. The zero-order valence-electron chi connectivity index (χ0n) is 10.2. The number of rotatable bonds is 1. The Morgan fingerprint density at radius 3 is 2.06 bits per heavy atom. The van der Waals surface area contributed by atoms with E-state index in [1.165, 1.54) is 57.8 Å². The van der Waals surface area contributed by atoms with Gasteiger partial charge in [-0.2, -0.15) is 0 Å². The van der Waals surface area contributed by atoms with Crippen molar-refractivity contribution in [3.05, 3.63) is 0 Å². The van der Waals surface area contributed by atoms with Crippen molar-refractivity contribution in [2.24, 2.45) is 0 Å². The first-order chi connectivity index (χ1) is 7.86. The van der Waals surface area contributed by atoms with Crippen LogP contribution in [-0.2, 0) is 0 Å². The van der Waals surface area contributed by atoms with Crippen LogP contribution in [0.5, 0.6) is 0 Å². The quantitative estimate of drug-likeness (QED) is 0.682. The molecule has 1 saturated carbocycles. The van der Waals surface area contributed by atoms with E-state index in [1.807, 2.05) is 4.90 Å². The van der Waals surface area contributed by atoms with Gasteiger partial charge >= 0.3 is 6.03 Å². The molecule has 2 fully saturated rings. The second kappa shape index (κ2) is 6.12. The smallest absolute Gasteiger partial charge is 0.317 e. The lowest BCUT2D eigenvalue weighted by atomic mass is 10.1. The fraction of sp³-hybridized carbons (Fsp3) is 0.923. The highest BCUT2D eigenvalue weighted by atomic mass is 16.2. The molecule has 0 spiro atoms. The maximum absolute atomic E-state index is 12.0. The minimum absolute atomic E-state index is 0.187. The van der Waals surface area contributed by atoms with Gasteiger partial charge in [0.25, 0.3) is 0 Å². The number of carbonyl (C=O) groups is 1. The zero-order valence-corrected chi connectivity index (χ0v) is 10.2. The van der Waals surface area contributed by atoms with Crippen LogP contribution in [0.4, 0.5) is 4.79 Å². The Morgan fingerprint density at radius 1 is 0.875 bits per heavy atom. The molecular formula is C13H24N2O. The van der Waals surface area contributed by atoms with Gasteiger partial charge in [-0.1, -0.05) is 25.7 Å². The Kier molecular flexibility index (Phi) is 4.49. The van der Waals surface area contributed by atoms with E-state index >= 15 is 0 Å². The molecular weight excluding hydrogens is 200 g/mol. The van der Waals surface area contributed by atoms with Gasteiger partial charge in [0, 0.05) is 19.1 Å². The molecule has 16 heavy (non-hydrogen) atoms. The molecule has 0 aromatic rings. The normalized spacial score (nSPS) is 23.9. The third kappa shape index (κ3) is 3.39. The van der Waals surface area contributed by atoms with E-state index in [1.54, 1.807) is 0 Å². The van der Waals surface area contributed by atoms with Gasteiger partial charge in [-0.05, 0) is 32.1 Å². The minimum atomic E-state index is 0.187. The van der Waals surface area contributed by atoms with Crippen LogP contribution in [0.15, 0.2) is 0 Å². The van der Waals surface area contributed by atoms with Crippen LogP contribution in [-0.4, -0.2) is 30.1 Å². The average Bonchev–Trinajstić information content (AvgIpc) is 2.59. The average molecular weight is 224 g/mol. The van der Waals surface area contributed by atoms with Crippen molar-refractivity contribution < 1.29 is 4.79 Å². The Balaban J connectivity index is 1.76. The zero-order chi connectivity index (χ0) is 11.2. The highest BCUT2D eigenvalue weighted by Crippen LogP contribution is 2.18. The Morgan fingerprint density at radius 2 is 1.44 bits per heavy atom. The molecule has 0 aromatic heterocycles. The van der Waals surface area contributed by atoms with Crippen LogP contribution in [0.25, 0.3) is 0 Å². The lowest BCUT2D eigenvalue weighted by Gasteiger charge is -2.29. The van der Waals surface area contributed by atoms with Crippen LogP contribution >= 0.6 is 0 Å². The molecule has 0 unspecified atom stereocenters. The number of urea groups is 1. The predicted molar refractivity (Wildman–Crippen MR) is 65.4 cm³/mol. The summed E-state index contributed by atoms with van der Waals surface area (Å²) < 4.78 is 0. The largest absolute Gasteiger partial charge is 0.335 e. The maximum Gasteiger partial charge on any atom is 0.317 e. The van der Waals surface area contributed by atoms with E-state index in [4.69, 9.17) is 0 Å². The predicted octanol–water partition coefficient (Wildman–Crippen LogP) is 2.90. The number of nitrogens with zero attached hydrogens (tertiary/aromatic N) is 1. The highest BCUT2D eigenvalue weighted by molar-refractivity contribution is 5.74. The van der Waals surface area contributed by atoms with Crippen molar-refractivity contribution in [1.29, 1.82) is 0 Å². The standard InChI is InChI=1S/C13H24N2O/c16-13(15-10-6-3-7-11-15)14-12-8-4-1-2-5-9-12/h12H,1-11H2,(H,14,16). The van der Waals surface area contributed by atoms with E-state index in [-0.39, 0.29) is 6.03 Å². The molecule has 1 N–H and O–H groups in total. The fourth-order valence-corrected chi connectivity index (χ4v) is 2.79. The molecule has 1 heterocycles. The van der Waals surface area contributed by atoms with Gasteiger partial charge < -0.3 is 10.2 Å². The van der Waals surface area contributed by atoms with Crippen molar-refractivity contribution in [2.45, 2.75) is 63.8 Å². The molecule has 2 rings (SSSR count). The monoisotopic (exact) mass is 224 g/mol. The number of amides is 2. The summed E-state index contributed by atoms with van der Waals surface area (Å²) in [6.45, 7) is 1.91. The summed E-state index contributed by atoms with van der Waals surface area (Å²) in [5.41, 5.74) is 0.